The number of hydrazine groups is 1. The lowest BCUT2D eigenvalue weighted by Gasteiger charge is -2.53. The lowest BCUT2D eigenvalue weighted by molar-refractivity contribution is -0.120. The van der Waals surface area contributed by atoms with E-state index in [0.29, 0.717) is 24.5 Å². The maximum Gasteiger partial charge on any atom is 0.409 e. The molecule has 1 aliphatic carbocycles. The summed E-state index contributed by atoms with van der Waals surface area (Å²) in [5.41, 5.74) is 3.39. The van der Waals surface area contributed by atoms with Gasteiger partial charge >= 0.3 is 6.09 Å². The van der Waals surface area contributed by atoms with Gasteiger partial charge in [0.2, 0.25) is 5.91 Å². The summed E-state index contributed by atoms with van der Waals surface area (Å²) in [7, 11) is 0. The van der Waals surface area contributed by atoms with Crippen LogP contribution in [0.4, 0.5) is 4.79 Å². The van der Waals surface area contributed by atoms with Gasteiger partial charge in [-0.3, -0.25) is 10.2 Å². The van der Waals surface area contributed by atoms with Crippen LogP contribution in [0, 0.1) is 5.41 Å². The molecule has 7 heteroatoms. The molecule has 4 rings (SSSR count). The third-order valence-electron chi connectivity index (χ3n) is 7.18. The summed E-state index contributed by atoms with van der Waals surface area (Å²) in [6.07, 6.45) is 6.15. The quantitative estimate of drug-likeness (QED) is 0.824. The Labute approximate surface area is 156 Å². The van der Waals surface area contributed by atoms with Gasteiger partial charge in [0.25, 0.3) is 0 Å². The first kappa shape index (κ1) is 18.0. The molecule has 3 aliphatic heterocycles. The Balaban J connectivity index is 1.28. The van der Waals surface area contributed by atoms with Gasteiger partial charge in [0.05, 0.1) is 12.1 Å². The smallest absolute Gasteiger partial charge is 0.409 e. The average molecular weight is 364 g/mol. The van der Waals surface area contributed by atoms with E-state index in [-0.39, 0.29) is 17.5 Å². The van der Waals surface area contributed by atoms with Crippen molar-refractivity contribution in [2.24, 2.45) is 5.41 Å². The summed E-state index contributed by atoms with van der Waals surface area (Å²) < 4.78 is 5.15. The van der Waals surface area contributed by atoms with E-state index in [1.165, 1.54) is 12.8 Å². The highest BCUT2D eigenvalue weighted by Crippen LogP contribution is 2.51. The fraction of sp³-hybridized carbons (Fsp3) is 0.895. The van der Waals surface area contributed by atoms with Crippen LogP contribution in [-0.4, -0.2) is 77.7 Å². The number of nitrogens with one attached hydrogen (secondary N) is 1. The van der Waals surface area contributed by atoms with E-state index < -0.39 is 0 Å². The zero-order chi connectivity index (χ0) is 18.4. The summed E-state index contributed by atoms with van der Waals surface area (Å²) in [4.78, 5) is 28.3. The Morgan fingerprint density at radius 3 is 2.58 bits per heavy atom. The molecule has 3 saturated heterocycles. The lowest BCUT2D eigenvalue weighted by atomic mass is 9.64. The Morgan fingerprint density at radius 2 is 1.92 bits per heavy atom. The monoisotopic (exact) mass is 364 g/mol. The molecular weight excluding hydrogens is 332 g/mol. The minimum absolute atomic E-state index is 0.0395. The first-order valence-corrected chi connectivity index (χ1v) is 10.2. The fourth-order valence-corrected chi connectivity index (χ4v) is 5.71. The van der Waals surface area contributed by atoms with Gasteiger partial charge < -0.3 is 14.5 Å². The van der Waals surface area contributed by atoms with Gasteiger partial charge in [-0.1, -0.05) is 6.92 Å². The van der Waals surface area contributed by atoms with Crippen LogP contribution in [0.1, 0.15) is 52.4 Å². The molecule has 26 heavy (non-hydrogen) atoms. The lowest BCUT2D eigenvalue weighted by Crippen LogP contribution is -2.59. The zero-order valence-corrected chi connectivity index (χ0v) is 16.1. The van der Waals surface area contributed by atoms with Crippen molar-refractivity contribution in [2.45, 2.75) is 64.0 Å². The second-order valence-electron chi connectivity index (χ2n) is 8.65. The predicted molar refractivity (Wildman–Crippen MR) is 97.3 cm³/mol. The molecule has 4 aliphatic rings. The molecule has 2 amide bonds. The average Bonchev–Trinajstić information content (AvgIpc) is 3.17. The first-order valence-electron chi connectivity index (χ1n) is 10.2. The van der Waals surface area contributed by atoms with Crippen molar-refractivity contribution in [3.8, 4) is 0 Å². The van der Waals surface area contributed by atoms with Crippen molar-refractivity contribution < 1.29 is 14.3 Å². The van der Waals surface area contributed by atoms with Gasteiger partial charge in [-0.25, -0.2) is 9.80 Å². The number of carbonyl (C=O) groups is 2. The highest BCUT2D eigenvalue weighted by atomic mass is 16.6. The summed E-state index contributed by atoms with van der Waals surface area (Å²) >= 11 is 0. The number of likely N-dealkylation sites (tertiary alicyclic amines) is 2. The minimum atomic E-state index is -0.147. The Morgan fingerprint density at radius 1 is 1.19 bits per heavy atom. The maximum atomic E-state index is 11.9. The van der Waals surface area contributed by atoms with E-state index in [1.54, 1.807) is 0 Å². The molecule has 146 valence electrons. The van der Waals surface area contributed by atoms with Gasteiger partial charge in [0.15, 0.2) is 0 Å². The minimum Gasteiger partial charge on any atom is -0.450 e. The Bertz CT molecular complexity index is 567. The van der Waals surface area contributed by atoms with Crippen LogP contribution < -0.4 is 5.43 Å². The van der Waals surface area contributed by atoms with E-state index in [9.17, 15) is 9.59 Å². The molecule has 7 nitrogen and oxygen atoms in total. The molecule has 4 fully saturated rings. The number of ether oxygens (including phenoxy) is 1. The van der Waals surface area contributed by atoms with Crippen LogP contribution >= 0.6 is 0 Å². The number of rotatable bonds is 3. The van der Waals surface area contributed by atoms with Crippen molar-refractivity contribution in [2.75, 3.05) is 39.3 Å². The predicted octanol–water partition coefficient (Wildman–Crippen LogP) is 1.59. The van der Waals surface area contributed by atoms with Crippen LogP contribution in [0.5, 0.6) is 0 Å². The van der Waals surface area contributed by atoms with Crippen LogP contribution in [0.15, 0.2) is 0 Å². The molecule has 0 bridgehead atoms. The number of carbonyl (C=O) groups excluding carboxylic acids is 2. The van der Waals surface area contributed by atoms with Crippen molar-refractivity contribution in [3.63, 3.8) is 0 Å². The number of nitrogens with zero attached hydrogens (tertiary/aromatic N) is 3. The van der Waals surface area contributed by atoms with E-state index in [2.05, 4.69) is 22.3 Å². The molecule has 0 atom stereocenters. The van der Waals surface area contributed by atoms with Crippen LogP contribution in [-0.2, 0) is 9.53 Å². The summed E-state index contributed by atoms with van der Waals surface area (Å²) in [5.74, 6) is 0.174. The Kier molecular flexibility index (Phi) is 4.63. The molecule has 0 aromatic carbocycles. The molecule has 3 heterocycles. The second kappa shape index (κ2) is 6.68. The first-order chi connectivity index (χ1) is 12.5. The van der Waals surface area contributed by atoms with Crippen LogP contribution in [0.2, 0.25) is 0 Å². The van der Waals surface area contributed by atoms with Gasteiger partial charge in [0, 0.05) is 45.2 Å². The van der Waals surface area contributed by atoms with E-state index in [1.807, 2.05) is 11.8 Å². The molecule has 0 aromatic heterocycles. The molecule has 0 radical (unpaired) electrons. The standard InChI is InChI=1S/C19H32N4O3/c1-3-23-19(13-16(24)20-23)6-9-21(10-7-19)15-11-18(12-15)5-8-22(14-18)17(25)26-4-2/h15H,3-14H2,1-2H3,(H,20,24). The van der Waals surface area contributed by atoms with Gasteiger partial charge in [0.1, 0.15) is 0 Å². The SMILES string of the molecule is CCOC(=O)N1CCC2(CC(N3CCC4(CC3)CC(=O)NN4CC)C2)C1. The number of piperidine rings is 1. The summed E-state index contributed by atoms with van der Waals surface area (Å²) in [6, 6.07) is 0.648. The van der Waals surface area contributed by atoms with Crippen molar-refractivity contribution >= 4 is 12.0 Å². The highest BCUT2D eigenvalue weighted by molar-refractivity contribution is 5.79. The number of hydrogen-bond donors (Lipinski definition) is 1. The Hall–Kier alpha value is -1.34. The summed E-state index contributed by atoms with van der Waals surface area (Å²) in [6.45, 7) is 9.16. The molecule has 1 N–H and O–H groups in total. The van der Waals surface area contributed by atoms with Crippen LogP contribution in [0.3, 0.4) is 0 Å². The zero-order valence-electron chi connectivity index (χ0n) is 16.1. The van der Waals surface area contributed by atoms with E-state index >= 15 is 0 Å². The maximum absolute atomic E-state index is 11.9. The molecule has 1 saturated carbocycles. The largest absolute Gasteiger partial charge is 0.450 e. The van der Waals surface area contributed by atoms with Crippen molar-refractivity contribution in [1.82, 2.24) is 20.2 Å². The third-order valence-corrected chi connectivity index (χ3v) is 7.18. The summed E-state index contributed by atoms with van der Waals surface area (Å²) in [5, 5.41) is 2.17. The third kappa shape index (κ3) is 2.99. The fourth-order valence-electron chi connectivity index (χ4n) is 5.71. The van der Waals surface area contributed by atoms with Crippen LogP contribution in [0.25, 0.3) is 0 Å². The van der Waals surface area contributed by atoms with Gasteiger partial charge in [-0.2, -0.15) is 0 Å². The normalized spacial score (nSPS) is 34.3. The van der Waals surface area contributed by atoms with Gasteiger partial charge in [-0.05, 0) is 44.4 Å². The van der Waals surface area contributed by atoms with Crippen molar-refractivity contribution in [3.05, 3.63) is 0 Å². The topological polar surface area (TPSA) is 65.1 Å². The van der Waals surface area contributed by atoms with Gasteiger partial charge in [-0.15, -0.1) is 0 Å². The molecule has 0 aromatic rings. The number of hydrogen-bond acceptors (Lipinski definition) is 5. The van der Waals surface area contributed by atoms with Crippen molar-refractivity contribution in [1.29, 1.82) is 0 Å². The highest BCUT2D eigenvalue weighted by Gasteiger charge is 2.53. The molecule has 2 spiro atoms. The van der Waals surface area contributed by atoms with E-state index in [4.69, 9.17) is 4.74 Å². The number of amides is 2. The molecule has 0 unspecified atom stereocenters. The second-order valence-corrected chi connectivity index (χ2v) is 8.65. The van der Waals surface area contributed by atoms with E-state index in [0.717, 1.165) is 52.0 Å². The molecular formula is C19H32N4O3.